The fourth-order valence-corrected chi connectivity index (χ4v) is 5.23. The summed E-state index contributed by atoms with van der Waals surface area (Å²) in [5, 5.41) is 16.8. The van der Waals surface area contributed by atoms with Crippen molar-refractivity contribution in [3.05, 3.63) is 42.2 Å². The molecule has 2 aromatic rings. The maximum Gasteiger partial charge on any atom is 0.310 e. The van der Waals surface area contributed by atoms with E-state index in [1.54, 1.807) is 18.2 Å². The molecule has 3 fully saturated rings. The van der Waals surface area contributed by atoms with Crippen LogP contribution in [0.15, 0.2) is 36.5 Å². The third-order valence-electron chi connectivity index (χ3n) is 7.13. The van der Waals surface area contributed by atoms with Crippen molar-refractivity contribution in [1.29, 1.82) is 0 Å². The van der Waals surface area contributed by atoms with Crippen LogP contribution in [0.4, 0.5) is 0 Å². The third kappa shape index (κ3) is 4.75. The lowest BCUT2D eigenvalue weighted by Gasteiger charge is -2.49. The molecule has 5 N–H and O–H groups in total. The van der Waals surface area contributed by atoms with Crippen LogP contribution in [0.5, 0.6) is 0 Å². The third-order valence-corrected chi connectivity index (χ3v) is 7.13. The number of nitrogens with one attached hydrogen (secondary N) is 2. The number of nitrogens with two attached hydrogens (primary N) is 1. The summed E-state index contributed by atoms with van der Waals surface area (Å²) >= 11 is 0. The molecule has 3 aliphatic heterocycles. The first kappa shape index (κ1) is 25.1. The second-order valence-electron chi connectivity index (χ2n) is 9.66. The number of esters is 1. The Labute approximate surface area is 212 Å². The highest BCUT2D eigenvalue weighted by Crippen LogP contribution is 2.29. The number of amides is 3. The van der Waals surface area contributed by atoms with E-state index in [4.69, 9.17) is 10.5 Å². The van der Waals surface area contributed by atoms with Gasteiger partial charge in [0.2, 0.25) is 12.2 Å². The summed E-state index contributed by atoms with van der Waals surface area (Å²) in [7, 11) is 0. The van der Waals surface area contributed by atoms with Gasteiger partial charge >= 0.3 is 5.97 Å². The van der Waals surface area contributed by atoms with Crippen LogP contribution >= 0.6 is 0 Å². The molecule has 3 amide bonds. The van der Waals surface area contributed by atoms with Gasteiger partial charge in [-0.15, -0.1) is 0 Å². The number of rotatable bonds is 4. The Bertz CT molecular complexity index is 1230. The zero-order valence-electron chi connectivity index (χ0n) is 20.1. The van der Waals surface area contributed by atoms with E-state index in [0.29, 0.717) is 24.6 Å². The molecule has 1 aromatic heterocycles. The highest BCUT2D eigenvalue weighted by atomic mass is 16.6. The first-order chi connectivity index (χ1) is 17.8. The molecule has 5 atom stereocenters. The van der Waals surface area contributed by atoms with E-state index in [1.807, 2.05) is 12.1 Å². The molecule has 0 spiro atoms. The number of aliphatic hydroxyl groups excluding tert-OH is 1. The van der Waals surface area contributed by atoms with Gasteiger partial charge in [-0.2, -0.15) is 0 Å². The Morgan fingerprint density at radius 1 is 1.14 bits per heavy atom. The van der Waals surface area contributed by atoms with E-state index in [2.05, 4.69) is 20.4 Å². The van der Waals surface area contributed by atoms with E-state index >= 15 is 0 Å². The summed E-state index contributed by atoms with van der Waals surface area (Å²) in [6, 6.07) is 6.70. The van der Waals surface area contributed by atoms with E-state index < -0.39 is 53.8 Å². The average Bonchev–Trinajstić information content (AvgIpc) is 3.20. The number of hydrogen-bond donors (Lipinski definition) is 4. The van der Waals surface area contributed by atoms with Gasteiger partial charge in [0.1, 0.15) is 17.8 Å². The Balaban J connectivity index is 1.40. The number of ether oxygens (including phenoxy) is 2. The molecule has 0 bridgehead atoms. The van der Waals surface area contributed by atoms with E-state index in [-0.39, 0.29) is 25.3 Å². The number of aliphatic hydroxyl groups is 1. The van der Waals surface area contributed by atoms with Crippen LogP contribution in [-0.2, 0) is 23.9 Å². The number of carbonyl (C=O) groups excluding carboxylic acids is 4. The zero-order valence-corrected chi connectivity index (χ0v) is 20.1. The number of morpholine rings is 1. The van der Waals surface area contributed by atoms with Crippen LogP contribution in [0.1, 0.15) is 42.6 Å². The molecule has 4 unspecified atom stereocenters. The van der Waals surface area contributed by atoms with Crippen LogP contribution in [0.3, 0.4) is 0 Å². The lowest BCUT2D eigenvalue weighted by Crippen LogP contribution is -2.76. The summed E-state index contributed by atoms with van der Waals surface area (Å²) in [4.78, 5) is 57.5. The Morgan fingerprint density at radius 3 is 2.70 bits per heavy atom. The predicted molar refractivity (Wildman–Crippen MR) is 128 cm³/mol. The molecule has 3 aliphatic rings. The van der Waals surface area contributed by atoms with Crippen LogP contribution in [0.25, 0.3) is 10.8 Å². The SMILES string of the molecule is N[C@@]1(C(=O)NC2CC(=O)OC2O)COCC2CCCCC(NC(=O)c3nccc4ccccc34)C(=O)N21. The Kier molecular flexibility index (Phi) is 6.80. The van der Waals surface area contributed by atoms with Gasteiger partial charge in [0, 0.05) is 11.6 Å². The number of cyclic esters (lactones) is 1. The molecule has 3 saturated heterocycles. The number of hydrogen-bond acceptors (Lipinski definition) is 9. The summed E-state index contributed by atoms with van der Waals surface area (Å²) in [5.41, 5.74) is 4.82. The monoisotopic (exact) mass is 511 g/mol. The van der Waals surface area contributed by atoms with Gasteiger partial charge in [0.15, 0.2) is 5.66 Å². The number of carbonyl (C=O) groups is 4. The van der Waals surface area contributed by atoms with Crippen molar-refractivity contribution in [2.24, 2.45) is 5.73 Å². The predicted octanol–water partition coefficient (Wildman–Crippen LogP) is -0.460. The van der Waals surface area contributed by atoms with Gasteiger partial charge in [-0.05, 0) is 24.3 Å². The van der Waals surface area contributed by atoms with Gasteiger partial charge in [-0.1, -0.05) is 37.1 Å². The minimum absolute atomic E-state index is 0.192. The van der Waals surface area contributed by atoms with E-state index in [0.717, 1.165) is 11.8 Å². The number of pyridine rings is 1. The molecule has 12 heteroatoms. The maximum atomic E-state index is 13.9. The largest absolute Gasteiger partial charge is 0.434 e. The average molecular weight is 512 g/mol. The molecular weight excluding hydrogens is 482 g/mol. The van der Waals surface area contributed by atoms with E-state index in [9.17, 15) is 24.3 Å². The van der Waals surface area contributed by atoms with Gasteiger partial charge < -0.3 is 30.1 Å². The van der Waals surface area contributed by atoms with Gasteiger partial charge in [0.05, 0.1) is 25.7 Å². The molecule has 37 heavy (non-hydrogen) atoms. The van der Waals surface area contributed by atoms with Crippen LogP contribution in [0.2, 0.25) is 0 Å². The van der Waals surface area contributed by atoms with Crippen molar-refractivity contribution in [2.45, 2.75) is 62.2 Å². The molecule has 1 aromatic carbocycles. The number of nitrogens with zero attached hydrogens (tertiary/aromatic N) is 2. The molecule has 4 heterocycles. The smallest absolute Gasteiger partial charge is 0.310 e. The van der Waals surface area contributed by atoms with Gasteiger partial charge in [-0.25, -0.2) is 0 Å². The zero-order chi connectivity index (χ0) is 26.2. The van der Waals surface area contributed by atoms with Crippen molar-refractivity contribution in [3.8, 4) is 0 Å². The minimum atomic E-state index is -1.91. The highest BCUT2D eigenvalue weighted by Gasteiger charge is 2.52. The van der Waals surface area contributed by atoms with Gasteiger partial charge in [-0.3, -0.25) is 29.9 Å². The normalized spacial score (nSPS) is 30.2. The number of fused-ring (bicyclic) bond motifs is 2. The van der Waals surface area contributed by atoms with Crippen molar-refractivity contribution in [2.75, 3.05) is 13.2 Å². The molecule has 12 nitrogen and oxygen atoms in total. The lowest BCUT2D eigenvalue weighted by molar-refractivity contribution is -0.173. The van der Waals surface area contributed by atoms with Crippen LogP contribution in [-0.4, -0.2) is 82.0 Å². The number of aromatic nitrogens is 1. The highest BCUT2D eigenvalue weighted by molar-refractivity contribution is 6.06. The second-order valence-corrected chi connectivity index (χ2v) is 9.66. The molecular formula is C25H29N5O7. The summed E-state index contributed by atoms with van der Waals surface area (Å²) in [6.07, 6.45) is 2.15. The first-order valence-electron chi connectivity index (χ1n) is 12.3. The summed E-state index contributed by atoms with van der Waals surface area (Å²) in [6.45, 7) is -0.0958. The minimum Gasteiger partial charge on any atom is -0.434 e. The van der Waals surface area contributed by atoms with E-state index in [1.165, 1.54) is 11.1 Å². The molecule has 0 radical (unpaired) electrons. The van der Waals surface area contributed by atoms with Crippen molar-refractivity contribution in [1.82, 2.24) is 20.5 Å². The van der Waals surface area contributed by atoms with Crippen molar-refractivity contribution >= 4 is 34.5 Å². The van der Waals surface area contributed by atoms with Crippen molar-refractivity contribution < 1.29 is 33.8 Å². The summed E-state index contributed by atoms with van der Waals surface area (Å²) in [5.74, 6) is -2.45. The number of benzene rings is 1. The summed E-state index contributed by atoms with van der Waals surface area (Å²) < 4.78 is 10.3. The van der Waals surface area contributed by atoms with Crippen LogP contribution < -0.4 is 16.4 Å². The Morgan fingerprint density at radius 2 is 1.92 bits per heavy atom. The quantitative estimate of drug-likeness (QED) is 0.396. The fraction of sp³-hybridized carbons (Fsp3) is 0.480. The van der Waals surface area contributed by atoms with Crippen molar-refractivity contribution in [3.63, 3.8) is 0 Å². The van der Waals surface area contributed by atoms with Gasteiger partial charge in [0.25, 0.3) is 11.8 Å². The fourth-order valence-electron chi connectivity index (χ4n) is 5.23. The maximum absolute atomic E-state index is 13.9. The standard InChI is InChI=1S/C25H29N5O7/c26-25(24(35)29-18-11-19(31)37-23(18)34)13-36-12-15-6-2-4-8-17(22(33)30(15)25)28-21(32)20-16-7-3-1-5-14(16)9-10-27-20/h1,3,5,7,9-10,15,17-18,23,34H,2,4,6,8,11-13,26H2,(H,28,32)(H,29,35)/t15?,17?,18?,23?,25-/m0/s1. The molecule has 5 rings (SSSR count). The first-order valence-corrected chi connectivity index (χ1v) is 12.3. The molecule has 196 valence electrons. The second kappa shape index (κ2) is 10.0. The lowest BCUT2D eigenvalue weighted by atomic mass is 9.93. The Hall–Kier alpha value is -3.61. The molecule has 0 saturated carbocycles. The molecule has 0 aliphatic carbocycles. The topological polar surface area (TPSA) is 173 Å². The van der Waals surface area contributed by atoms with Crippen LogP contribution in [0, 0.1) is 0 Å².